The number of anilines is 1. The molecule has 0 atom stereocenters. The van der Waals surface area contributed by atoms with Crippen LogP contribution in [0.1, 0.15) is 5.56 Å². The van der Waals surface area contributed by atoms with Gasteiger partial charge in [-0.25, -0.2) is 17.2 Å². The zero-order valence-electron chi connectivity index (χ0n) is 14.5. The van der Waals surface area contributed by atoms with Gasteiger partial charge in [0, 0.05) is 35.7 Å². The van der Waals surface area contributed by atoms with E-state index in [1.165, 1.54) is 19.2 Å². The number of ether oxygens (including phenoxy) is 1. The third kappa shape index (κ3) is 4.06. The van der Waals surface area contributed by atoms with Crippen LogP contribution < -0.4 is 9.46 Å². The molecule has 2 aromatic carbocycles. The average Bonchev–Trinajstić information content (AvgIpc) is 2.61. The van der Waals surface area contributed by atoms with Crippen LogP contribution in [-0.4, -0.2) is 20.5 Å². The number of pyridine rings is 1. The highest BCUT2D eigenvalue weighted by atomic mass is 32.2. The Hall–Kier alpha value is -3.00. The van der Waals surface area contributed by atoms with Gasteiger partial charge in [-0.05, 0) is 42.8 Å². The van der Waals surface area contributed by atoms with Gasteiger partial charge in [0.05, 0.1) is 17.7 Å². The quantitative estimate of drug-likeness (QED) is 0.711. The van der Waals surface area contributed by atoms with Crippen molar-refractivity contribution in [3.63, 3.8) is 0 Å². The van der Waals surface area contributed by atoms with Crippen molar-refractivity contribution in [2.75, 3.05) is 11.8 Å². The maximum atomic E-state index is 13.3. The largest absolute Gasteiger partial charge is 0.496 e. The SMILES string of the molecule is COc1cc(NS(=O)(=O)c2cc(F)cc(F)c2)ccc1-c1cnccc1C. The summed E-state index contributed by atoms with van der Waals surface area (Å²) in [4.78, 5) is 3.59. The number of sulfonamides is 1. The molecule has 0 bridgehead atoms. The summed E-state index contributed by atoms with van der Waals surface area (Å²) in [5.74, 6) is -1.53. The minimum Gasteiger partial charge on any atom is -0.496 e. The molecule has 0 aliphatic heterocycles. The van der Waals surface area contributed by atoms with Gasteiger partial charge in [-0.15, -0.1) is 0 Å². The van der Waals surface area contributed by atoms with Gasteiger partial charge in [0.15, 0.2) is 0 Å². The lowest BCUT2D eigenvalue weighted by Gasteiger charge is -2.14. The molecule has 0 spiro atoms. The molecule has 0 saturated carbocycles. The van der Waals surface area contributed by atoms with Crippen LogP contribution in [-0.2, 0) is 10.0 Å². The lowest BCUT2D eigenvalue weighted by Crippen LogP contribution is -2.13. The molecule has 0 fully saturated rings. The van der Waals surface area contributed by atoms with Crippen LogP contribution in [0.3, 0.4) is 0 Å². The van der Waals surface area contributed by atoms with E-state index in [4.69, 9.17) is 4.74 Å². The van der Waals surface area contributed by atoms with Crippen molar-refractivity contribution in [2.24, 2.45) is 0 Å². The first-order valence-corrected chi connectivity index (χ1v) is 9.36. The van der Waals surface area contributed by atoms with Gasteiger partial charge in [0.2, 0.25) is 0 Å². The lowest BCUT2D eigenvalue weighted by molar-refractivity contribution is 0.416. The normalized spacial score (nSPS) is 11.3. The van der Waals surface area contributed by atoms with E-state index < -0.39 is 26.6 Å². The maximum Gasteiger partial charge on any atom is 0.262 e. The van der Waals surface area contributed by atoms with Gasteiger partial charge in [0.25, 0.3) is 10.0 Å². The molecule has 140 valence electrons. The molecule has 3 aromatic rings. The highest BCUT2D eigenvalue weighted by Gasteiger charge is 2.18. The number of hydrogen-bond donors (Lipinski definition) is 1. The summed E-state index contributed by atoms with van der Waals surface area (Å²) in [5, 5.41) is 0. The number of hydrogen-bond acceptors (Lipinski definition) is 4. The number of benzene rings is 2. The molecular weight excluding hydrogens is 374 g/mol. The van der Waals surface area contributed by atoms with Gasteiger partial charge in [-0.1, -0.05) is 0 Å². The monoisotopic (exact) mass is 390 g/mol. The van der Waals surface area contributed by atoms with Gasteiger partial charge < -0.3 is 4.74 Å². The van der Waals surface area contributed by atoms with Crippen molar-refractivity contribution in [3.8, 4) is 16.9 Å². The number of aromatic nitrogens is 1. The van der Waals surface area contributed by atoms with Crippen LogP contribution >= 0.6 is 0 Å². The first kappa shape index (κ1) is 18.8. The third-order valence-electron chi connectivity index (χ3n) is 3.93. The highest BCUT2D eigenvalue weighted by Crippen LogP contribution is 2.34. The average molecular weight is 390 g/mol. The Kier molecular flexibility index (Phi) is 5.09. The Labute approximate surface area is 155 Å². The van der Waals surface area contributed by atoms with E-state index in [2.05, 4.69) is 9.71 Å². The zero-order chi connectivity index (χ0) is 19.6. The molecule has 0 radical (unpaired) electrons. The van der Waals surface area contributed by atoms with Gasteiger partial charge in [-0.3, -0.25) is 9.71 Å². The Morgan fingerprint density at radius 3 is 2.33 bits per heavy atom. The zero-order valence-corrected chi connectivity index (χ0v) is 15.3. The lowest BCUT2D eigenvalue weighted by atomic mass is 10.0. The van der Waals surface area contributed by atoms with Crippen molar-refractivity contribution < 1.29 is 21.9 Å². The molecular formula is C19H16F2N2O3S. The summed E-state index contributed by atoms with van der Waals surface area (Å²) in [6, 6.07) is 8.67. The molecule has 0 aliphatic rings. The van der Waals surface area contributed by atoms with Crippen molar-refractivity contribution in [2.45, 2.75) is 11.8 Å². The Morgan fingerprint density at radius 1 is 1.00 bits per heavy atom. The fourth-order valence-electron chi connectivity index (χ4n) is 2.62. The first-order chi connectivity index (χ1) is 12.8. The van der Waals surface area contributed by atoms with Gasteiger partial charge >= 0.3 is 0 Å². The predicted octanol–water partition coefficient (Wildman–Crippen LogP) is 4.14. The summed E-state index contributed by atoms with van der Waals surface area (Å²) in [6.07, 6.45) is 3.36. The van der Waals surface area contributed by atoms with Crippen LogP contribution in [0.4, 0.5) is 14.5 Å². The van der Waals surface area contributed by atoms with E-state index in [0.29, 0.717) is 11.8 Å². The maximum absolute atomic E-state index is 13.3. The fourth-order valence-corrected chi connectivity index (χ4v) is 3.71. The second-order valence-corrected chi connectivity index (χ2v) is 7.50. The molecule has 5 nitrogen and oxygen atoms in total. The van der Waals surface area contributed by atoms with Crippen molar-refractivity contribution in [3.05, 3.63) is 72.1 Å². The predicted molar refractivity (Wildman–Crippen MR) is 98.1 cm³/mol. The van der Waals surface area contributed by atoms with Crippen LogP contribution in [0.5, 0.6) is 5.75 Å². The number of nitrogens with one attached hydrogen (secondary N) is 1. The Balaban J connectivity index is 1.98. The second-order valence-electron chi connectivity index (χ2n) is 5.82. The van der Waals surface area contributed by atoms with E-state index in [1.807, 2.05) is 13.0 Å². The smallest absolute Gasteiger partial charge is 0.262 e. The minimum atomic E-state index is -4.17. The van der Waals surface area contributed by atoms with Crippen molar-refractivity contribution in [1.29, 1.82) is 0 Å². The van der Waals surface area contributed by atoms with Crippen LogP contribution in [0.15, 0.2) is 59.8 Å². The van der Waals surface area contributed by atoms with Gasteiger partial charge in [-0.2, -0.15) is 0 Å². The summed E-state index contributed by atoms with van der Waals surface area (Å²) in [5.41, 5.74) is 2.76. The molecule has 8 heteroatoms. The molecule has 1 heterocycles. The standard InChI is InChI=1S/C19H16F2N2O3S/c1-12-5-6-22-11-18(12)17-4-3-15(10-19(17)26-2)23-27(24,25)16-8-13(20)7-14(21)9-16/h3-11,23H,1-2H3. The number of halogens is 2. The molecule has 0 amide bonds. The number of aryl methyl sites for hydroxylation is 1. The van der Waals surface area contributed by atoms with E-state index in [-0.39, 0.29) is 5.69 Å². The van der Waals surface area contributed by atoms with E-state index in [9.17, 15) is 17.2 Å². The molecule has 0 unspecified atom stereocenters. The molecule has 0 saturated heterocycles. The first-order valence-electron chi connectivity index (χ1n) is 7.88. The van der Waals surface area contributed by atoms with Crippen LogP contribution in [0.25, 0.3) is 11.1 Å². The second kappa shape index (κ2) is 7.32. The topological polar surface area (TPSA) is 68.3 Å². The number of methoxy groups -OCH3 is 1. The van der Waals surface area contributed by atoms with Crippen LogP contribution in [0, 0.1) is 18.6 Å². The van der Waals surface area contributed by atoms with Crippen LogP contribution in [0.2, 0.25) is 0 Å². The van der Waals surface area contributed by atoms with Crippen molar-refractivity contribution >= 4 is 15.7 Å². The number of rotatable bonds is 5. The summed E-state index contributed by atoms with van der Waals surface area (Å²) in [6.45, 7) is 1.92. The van der Waals surface area contributed by atoms with E-state index in [0.717, 1.165) is 28.8 Å². The fraction of sp³-hybridized carbons (Fsp3) is 0.105. The Morgan fingerprint density at radius 2 is 1.70 bits per heavy atom. The van der Waals surface area contributed by atoms with E-state index in [1.54, 1.807) is 18.5 Å². The van der Waals surface area contributed by atoms with Gasteiger partial charge in [0.1, 0.15) is 17.4 Å². The Bertz CT molecular complexity index is 1080. The molecule has 1 aromatic heterocycles. The summed E-state index contributed by atoms with van der Waals surface area (Å²) < 4.78 is 59.2. The summed E-state index contributed by atoms with van der Waals surface area (Å²) in [7, 11) is -2.70. The summed E-state index contributed by atoms with van der Waals surface area (Å²) >= 11 is 0. The molecule has 0 aliphatic carbocycles. The molecule has 3 rings (SSSR count). The molecule has 1 N–H and O–H groups in total. The highest BCUT2D eigenvalue weighted by molar-refractivity contribution is 7.92. The molecule has 27 heavy (non-hydrogen) atoms. The van der Waals surface area contributed by atoms with E-state index >= 15 is 0 Å². The minimum absolute atomic E-state index is 0.196. The van der Waals surface area contributed by atoms with Crippen molar-refractivity contribution in [1.82, 2.24) is 4.98 Å². The number of nitrogens with zero attached hydrogens (tertiary/aromatic N) is 1. The third-order valence-corrected chi connectivity index (χ3v) is 5.29.